The standard InChI is InChI=1S/C11H12BrN3O/c1-11(16,8-6-4-3-5-7-8)9-10(12)13-14-15(9)2/h3-7,16H,1-2H3. The Morgan fingerprint density at radius 1 is 1.31 bits per heavy atom. The highest BCUT2D eigenvalue weighted by atomic mass is 79.9. The maximum atomic E-state index is 10.6. The van der Waals surface area contributed by atoms with Gasteiger partial charge in [-0.2, -0.15) is 0 Å². The molecule has 1 aromatic heterocycles. The molecule has 1 heterocycles. The van der Waals surface area contributed by atoms with E-state index in [0.717, 1.165) is 5.56 Å². The first-order chi connectivity index (χ1) is 7.53. The SMILES string of the molecule is Cn1nnc(Br)c1C(C)(O)c1ccccc1. The van der Waals surface area contributed by atoms with Gasteiger partial charge in [-0.15, -0.1) is 5.10 Å². The molecule has 0 aliphatic rings. The Labute approximate surface area is 102 Å². The minimum absolute atomic E-state index is 0.559. The van der Waals surface area contributed by atoms with Crippen LogP contribution in [0.25, 0.3) is 0 Å². The lowest BCUT2D eigenvalue weighted by Gasteiger charge is -2.23. The summed E-state index contributed by atoms with van der Waals surface area (Å²) < 4.78 is 2.13. The largest absolute Gasteiger partial charge is 0.379 e. The van der Waals surface area contributed by atoms with Gasteiger partial charge in [-0.1, -0.05) is 35.5 Å². The molecule has 2 rings (SSSR count). The smallest absolute Gasteiger partial charge is 0.154 e. The molecule has 5 heteroatoms. The van der Waals surface area contributed by atoms with Gasteiger partial charge in [0.05, 0.1) is 0 Å². The predicted octanol–water partition coefficient (Wildman–Crippen LogP) is 1.83. The fourth-order valence-electron chi connectivity index (χ4n) is 1.75. The van der Waals surface area contributed by atoms with Crippen LogP contribution >= 0.6 is 15.9 Å². The molecular formula is C11H12BrN3O. The van der Waals surface area contributed by atoms with E-state index in [1.807, 2.05) is 30.3 Å². The van der Waals surface area contributed by atoms with Gasteiger partial charge in [-0.05, 0) is 28.4 Å². The highest BCUT2D eigenvalue weighted by Crippen LogP contribution is 2.32. The van der Waals surface area contributed by atoms with Crippen molar-refractivity contribution >= 4 is 15.9 Å². The molecule has 0 spiro atoms. The van der Waals surface area contributed by atoms with Crippen molar-refractivity contribution < 1.29 is 5.11 Å². The maximum Gasteiger partial charge on any atom is 0.154 e. The summed E-state index contributed by atoms with van der Waals surface area (Å²) in [6, 6.07) is 9.44. The Bertz CT molecular complexity index is 474. The van der Waals surface area contributed by atoms with Crippen LogP contribution in [0.3, 0.4) is 0 Å². The summed E-state index contributed by atoms with van der Waals surface area (Å²) in [5.41, 5.74) is 0.332. The van der Waals surface area contributed by atoms with Crippen LogP contribution in [0.4, 0.5) is 0 Å². The van der Waals surface area contributed by atoms with Gasteiger partial charge in [0.1, 0.15) is 11.3 Å². The third-order valence-electron chi connectivity index (χ3n) is 2.58. The molecule has 0 aliphatic carbocycles. The van der Waals surface area contributed by atoms with Crippen LogP contribution in [0.1, 0.15) is 18.2 Å². The predicted molar refractivity (Wildman–Crippen MR) is 63.8 cm³/mol. The lowest BCUT2D eigenvalue weighted by Crippen LogP contribution is -2.26. The van der Waals surface area contributed by atoms with Crippen molar-refractivity contribution in [2.45, 2.75) is 12.5 Å². The third-order valence-corrected chi connectivity index (χ3v) is 3.12. The van der Waals surface area contributed by atoms with Gasteiger partial charge in [0.25, 0.3) is 0 Å². The van der Waals surface area contributed by atoms with Crippen LogP contribution < -0.4 is 0 Å². The normalized spacial score (nSPS) is 14.8. The minimum atomic E-state index is -1.11. The van der Waals surface area contributed by atoms with E-state index in [1.165, 1.54) is 0 Å². The Morgan fingerprint density at radius 2 is 1.94 bits per heavy atom. The second-order valence-electron chi connectivity index (χ2n) is 3.79. The summed E-state index contributed by atoms with van der Waals surface area (Å²) in [7, 11) is 1.75. The van der Waals surface area contributed by atoms with Crippen molar-refractivity contribution in [1.82, 2.24) is 15.0 Å². The molecule has 1 unspecified atom stereocenters. The number of hydrogen-bond donors (Lipinski definition) is 1. The molecule has 1 atom stereocenters. The molecule has 4 nitrogen and oxygen atoms in total. The van der Waals surface area contributed by atoms with Crippen molar-refractivity contribution in [3.05, 3.63) is 46.2 Å². The molecule has 0 radical (unpaired) electrons. The average Bonchev–Trinajstić information content (AvgIpc) is 2.60. The summed E-state index contributed by atoms with van der Waals surface area (Å²) in [5, 5.41) is 18.3. The zero-order valence-electron chi connectivity index (χ0n) is 9.05. The number of aliphatic hydroxyl groups is 1. The van der Waals surface area contributed by atoms with E-state index in [-0.39, 0.29) is 0 Å². The highest BCUT2D eigenvalue weighted by Gasteiger charge is 2.32. The Kier molecular flexibility index (Phi) is 2.82. The van der Waals surface area contributed by atoms with Gasteiger partial charge >= 0.3 is 0 Å². The summed E-state index contributed by atoms with van der Waals surface area (Å²) in [4.78, 5) is 0. The van der Waals surface area contributed by atoms with Crippen molar-refractivity contribution in [2.24, 2.45) is 7.05 Å². The number of hydrogen-bond acceptors (Lipinski definition) is 3. The highest BCUT2D eigenvalue weighted by molar-refractivity contribution is 9.10. The number of rotatable bonds is 2. The molecule has 2 aromatic rings. The van der Waals surface area contributed by atoms with Crippen molar-refractivity contribution in [3.63, 3.8) is 0 Å². The minimum Gasteiger partial charge on any atom is -0.379 e. The first-order valence-electron chi connectivity index (χ1n) is 4.87. The van der Waals surface area contributed by atoms with Gasteiger partial charge in [0.15, 0.2) is 4.60 Å². The fourth-order valence-corrected chi connectivity index (χ4v) is 2.46. The first kappa shape index (κ1) is 11.3. The van der Waals surface area contributed by atoms with E-state index >= 15 is 0 Å². The van der Waals surface area contributed by atoms with Crippen LogP contribution in [0.5, 0.6) is 0 Å². The number of aryl methyl sites for hydroxylation is 1. The van der Waals surface area contributed by atoms with Crippen LogP contribution in [0.15, 0.2) is 34.9 Å². The molecule has 1 N–H and O–H groups in total. The van der Waals surface area contributed by atoms with E-state index in [0.29, 0.717) is 10.3 Å². The number of nitrogens with zero attached hydrogens (tertiary/aromatic N) is 3. The van der Waals surface area contributed by atoms with Gasteiger partial charge in [0.2, 0.25) is 0 Å². The number of benzene rings is 1. The molecule has 84 valence electrons. The van der Waals surface area contributed by atoms with Gasteiger partial charge in [0, 0.05) is 7.05 Å². The van der Waals surface area contributed by atoms with E-state index < -0.39 is 5.60 Å². The second-order valence-corrected chi connectivity index (χ2v) is 4.54. The third kappa shape index (κ3) is 1.76. The number of aromatic nitrogens is 3. The van der Waals surface area contributed by atoms with Gasteiger partial charge in [-0.25, -0.2) is 4.68 Å². The molecular weight excluding hydrogens is 270 g/mol. The maximum absolute atomic E-state index is 10.6. The van der Waals surface area contributed by atoms with Crippen LogP contribution in [-0.4, -0.2) is 20.1 Å². The average molecular weight is 282 g/mol. The quantitative estimate of drug-likeness (QED) is 0.914. The molecule has 0 saturated carbocycles. The van der Waals surface area contributed by atoms with E-state index in [1.54, 1.807) is 18.7 Å². The lowest BCUT2D eigenvalue weighted by atomic mass is 9.93. The number of halogens is 1. The zero-order chi connectivity index (χ0) is 11.8. The summed E-state index contributed by atoms with van der Waals surface area (Å²) in [5.74, 6) is 0. The molecule has 0 aliphatic heterocycles. The van der Waals surface area contributed by atoms with E-state index in [4.69, 9.17) is 0 Å². The summed E-state index contributed by atoms with van der Waals surface area (Å²) in [6.07, 6.45) is 0. The summed E-state index contributed by atoms with van der Waals surface area (Å²) >= 11 is 3.30. The van der Waals surface area contributed by atoms with Crippen molar-refractivity contribution in [3.8, 4) is 0 Å². The molecule has 0 bridgehead atoms. The first-order valence-corrected chi connectivity index (χ1v) is 5.66. The monoisotopic (exact) mass is 281 g/mol. The van der Waals surface area contributed by atoms with Crippen molar-refractivity contribution in [2.75, 3.05) is 0 Å². The zero-order valence-corrected chi connectivity index (χ0v) is 10.6. The van der Waals surface area contributed by atoms with Gasteiger partial charge in [-0.3, -0.25) is 0 Å². The van der Waals surface area contributed by atoms with Crippen LogP contribution in [-0.2, 0) is 12.6 Å². The van der Waals surface area contributed by atoms with Crippen LogP contribution in [0, 0.1) is 0 Å². The van der Waals surface area contributed by atoms with E-state index in [2.05, 4.69) is 26.2 Å². The topological polar surface area (TPSA) is 50.9 Å². The molecule has 0 saturated heterocycles. The second kappa shape index (κ2) is 3.99. The van der Waals surface area contributed by atoms with Crippen LogP contribution in [0.2, 0.25) is 0 Å². The molecule has 0 fully saturated rings. The Hall–Kier alpha value is -1.20. The van der Waals surface area contributed by atoms with Gasteiger partial charge < -0.3 is 5.11 Å². The lowest BCUT2D eigenvalue weighted by molar-refractivity contribution is 0.0921. The fraction of sp³-hybridized carbons (Fsp3) is 0.273. The summed E-state index contributed by atoms with van der Waals surface area (Å²) in [6.45, 7) is 1.73. The van der Waals surface area contributed by atoms with Crippen molar-refractivity contribution in [1.29, 1.82) is 0 Å². The Morgan fingerprint density at radius 3 is 2.44 bits per heavy atom. The molecule has 16 heavy (non-hydrogen) atoms. The van der Waals surface area contributed by atoms with E-state index in [9.17, 15) is 5.11 Å². The Balaban J connectivity index is 2.55. The molecule has 0 amide bonds. The molecule has 1 aromatic carbocycles.